The van der Waals surface area contributed by atoms with Gasteiger partial charge in [-0.1, -0.05) is 0 Å². The predicted octanol–water partition coefficient (Wildman–Crippen LogP) is 0.639. The van der Waals surface area contributed by atoms with E-state index in [1.165, 1.54) is 0 Å². The molecule has 0 radical (unpaired) electrons. The molecule has 0 aromatic carbocycles. The lowest BCUT2D eigenvalue weighted by atomic mass is 9.97. The van der Waals surface area contributed by atoms with Gasteiger partial charge in [-0.25, -0.2) is 4.98 Å². The monoisotopic (exact) mass is 347 g/mol. The van der Waals surface area contributed by atoms with E-state index in [9.17, 15) is 9.59 Å². The fourth-order valence-electron chi connectivity index (χ4n) is 3.73. The second-order valence-electron chi connectivity index (χ2n) is 6.85. The second kappa shape index (κ2) is 7.99. The molecule has 3 rings (SSSR count). The van der Waals surface area contributed by atoms with Crippen LogP contribution in [0.25, 0.3) is 0 Å². The highest BCUT2D eigenvalue weighted by molar-refractivity contribution is 5.78. The van der Waals surface area contributed by atoms with Crippen molar-refractivity contribution in [2.45, 2.75) is 39.5 Å². The Balaban J connectivity index is 1.60. The molecule has 1 aliphatic heterocycles. The minimum Gasteiger partial charge on any atom is -0.342 e. The third-order valence-electron chi connectivity index (χ3n) is 5.33. The first-order valence-corrected chi connectivity index (χ1v) is 9.49. The van der Waals surface area contributed by atoms with E-state index in [-0.39, 0.29) is 11.5 Å². The van der Waals surface area contributed by atoms with E-state index < -0.39 is 0 Å². The molecule has 7 nitrogen and oxygen atoms in total. The summed E-state index contributed by atoms with van der Waals surface area (Å²) in [6, 6.07) is 0. The van der Waals surface area contributed by atoms with Gasteiger partial charge in [-0.2, -0.15) is 0 Å². The second-order valence-corrected chi connectivity index (χ2v) is 6.85. The molecule has 1 aromatic heterocycles. The van der Waals surface area contributed by atoms with E-state index in [0.717, 1.165) is 76.2 Å². The number of aromatic amines is 1. The normalized spacial score (nSPS) is 18.1. The maximum absolute atomic E-state index is 12.3. The van der Waals surface area contributed by atoms with Crippen LogP contribution in [-0.2, 0) is 17.6 Å². The molecule has 2 aliphatic rings. The van der Waals surface area contributed by atoms with Crippen LogP contribution < -0.4 is 10.5 Å². The van der Waals surface area contributed by atoms with Crippen LogP contribution in [0.1, 0.15) is 37.9 Å². The summed E-state index contributed by atoms with van der Waals surface area (Å²) in [4.78, 5) is 38.4. The lowest BCUT2D eigenvalue weighted by molar-refractivity contribution is -0.132. The molecule has 1 saturated heterocycles. The van der Waals surface area contributed by atoms with Crippen molar-refractivity contribution in [1.82, 2.24) is 19.8 Å². The number of fused-ring (bicyclic) bond motifs is 1. The average molecular weight is 347 g/mol. The SMILES string of the molecule is CCN(CC)C(=O)CN1CCN(c2nc3c(c(=O)[nH]2)CCCC3)CC1. The van der Waals surface area contributed by atoms with E-state index >= 15 is 0 Å². The predicted molar refractivity (Wildman–Crippen MR) is 98.1 cm³/mol. The summed E-state index contributed by atoms with van der Waals surface area (Å²) in [5.41, 5.74) is 1.88. The molecule has 1 aromatic rings. The Morgan fingerprint density at radius 3 is 2.48 bits per heavy atom. The van der Waals surface area contributed by atoms with Crippen LogP contribution in [0.2, 0.25) is 0 Å². The summed E-state index contributed by atoms with van der Waals surface area (Å²) in [5, 5.41) is 0. The standard InChI is InChI=1S/C18H29N5O2/c1-3-22(4-2)16(24)13-21-9-11-23(12-10-21)18-19-15-8-6-5-7-14(15)17(25)20-18/h3-13H2,1-2H3,(H,19,20,25). The van der Waals surface area contributed by atoms with Crippen molar-refractivity contribution in [3.63, 3.8) is 0 Å². The van der Waals surface area contributed by atoms with Crippen molar-refractivity contribution >= 4 is 11.9 Å². The van der Waals surface area contributed by atoms with Gasteiger partial charge in [0.05, 0.1) is 12.2 Å². The maximum Gasteiger partial charge on any atom is 0.255 e. The number of rotatable bonds is 5. The smallest absolute Gasteiger partial charge is 0.255 e. The van der Waals surface area contributed by atoms with Crippen LogP contribution in [0.15, 0.2) is 4.79 Å². The first kappa shape index (κ1) is 17.9. The van der Waals surface area contributed by atoms with Gasteiger partial charge in [0, 0.05) is 44.8 Å². The van der Waals surface area contributed by atoms with Crippen molar-refractivity contribution in [3.8, 4) is 0 Å². The molecule has 25 heavy (non-hydrogen) atoms. The molecule has 0 unspecified atom stereocenters. The minimum atomic E-state index is 0.0267. The number of carbonyl (C=O) groups is 1. The Kier molecular flexibility index (Phi) is 5.73. The van der Waals surface area contributed by atoms with Gasteiger partial charge in [0.15, 0.2) is 0 Å². The minimum absolute atomic E-state index is 0.0267. The first-order chi connectivity index (χ1) is 12.1. The van der Waals surface area contributed by atoms with Gasteiger partial charge >= 0.3 is 0 Å². The van der Waals surface area contributed by atoms with Crippen molar-refractivity contribution < 1.29 is 4.79 Å². The molecule has 1 fully saturated rings. The highest BCUT2D eigenvalue weighted by atomic mass is 16.2. The van der Waals surface area contributed by atoms with Crippen molar-refractivity contribution in [2.24, 2.45) is 0 Å². The zero-order chi connectivity index (χ0) is 17.8. The molecule has 1 aliphatic carbocycles. The largest absolute Gasteiger partial charge is 0.342 e. The highest BCUT2D eigenvalue weighted by Crippen LogP contribution is 2.18. The molecule has 7 heteroatoms. The number of aromatic nitrogens is 2. The van der Waals surface area contributed by atoms with Gasteiger partial charge in [-0.15, -0.1) is 0 Å². The maximum atomic E-state index is 12.3. The lowest BCUT2D eigenvalue weighted by Gasteiger charge is -2.35. The van der Waals surface area contributed by atoms with E-state index in [1.807, 2.05) is 18.7 Å². The average Bonchev–Trinajstić information content (AvgIpc) is 2.63. The van der Waals surface area contributed by atoms with Crippen molar-refractivity contribution in [2.75, 3.05) is 50.7 Å². The van der Waals surface area contributed by atoms with Crippen LogP contribution in [0, 0.1) is 0 Å². The molecule has 0 spiro atoms. The number of nitrogens with one attached hydrogen (secondary N) is 1. The number of hydrogen-bond acceptors (Lipinski definition) is 5. The van der Waals surface area contributed by atoms with Crippen LogP contribution in [0.3, 0.4) is 0 Å². The Bertz CT molecular complexity index is 660. The fraction of sp³-hybridized carbons (Fsp3) is 0.722. The summed E-state index contributed by atoms with van der Waals surface area (Å²) in [6.07, 6.45) is 3.95. The molecule has 1 N–H and O–H groups in total. The van der Waals surface area contributed by atoms with Gasteiger partial charge in [-0.3, -0.25) is 19.5 Å². The molecule has 0 atom stereocenters. The third kappa shape index (κ3) is 4.03. The summed E-state index contributed by atoms with van der Waals surface area (Å²) in [6.45, 7) is 9.21. The highest BCUT2D eigenvalue weighted by Gasteiger charge is 2.23. The Hall–Kier alpha value is -1.89. The Morgan fingerprint density at radius 2 is 1.80 bits per heavy atom. The first-order valence-electron chi connectivity index (χ1n) is 9.49. The third-order valence-corrected chi connectivity index (χ3v) is 5.33. The zero-order valence-corrected chi connectivity index (χ0v) is 15.4. The Morgan fingerprint density at radius 1 is 1.12 bits per heavy atom. The summed E-state index contributed by atoms with van der Waals surface area (Å²) in [5.74, 6) is 0.888. The molecule has 2 heterocycles. The van der Waals surface area contributed by atoms with Crippen LogP contribution >= 0.6 is 0 Å². The number of H-pyrrole nitrogens is 1. The van der Waals surface area contributed by atoms with E-state index in [1.54, 1.807) is 0 Å². The van der Waals surface area contributed by atoms with E-state index in [2.05, 4.69) is 14.8 Å². The molecule has 0 saturated carbocycles. The van der Waals surface area contributed by atoms with Gasteiger partial charge in [-0.05, 0) is 39.5 Å². The number of likely N-dealkylation sites (N-methyl/N-ethyl adjacent to an activating group) is 1. The number of anilines is 1. The van der Waals surface area contributed by atoms with Crippen LogP contribution in [0.5, 0.6) is 0 Å². The Labute approximate surface area is 149 Å². The fourth-order valence-corrected chi connectivity index (χ4v) is 3.73. The number of piperazine rings is 1. The molecule has 0 bridgehead atoms. The lowest BCUT2D eigenvalue weighted by Crippen LogP contribution is -2.50. The molecular formula is C18H29N5O2. The van der Waals surface area contributed by atoms with Crippen LogP contribution in [0.4, 0.5) is 5.95 Å². The quantitative estimate of drug-likeness (QED) is 0.846. The van der Waals surface area contributed by atoms with E-state index in [4.69, 9.17) is 4.98 Å². The number of carbonyl (C=O) groups excluding carboxylic acids is 1. The van der Waals surface area contributed by atoms with E-state index in [0.29, 0.717) is 12.5 Å². The van der Waals surface area contributed by atoms with Crippen LogP contribution in [-0.4, -0.2) is 71.5 Å². The number of hydrogen-bond donors (Lipinski definition) is 1. The van der Waals surface area contributed by atoms with Gasteiger partial charge in [0.25, 0.3) is 5.56 Å². The van der Waals surface area contributed by atoms with Crippen molar-refractivity contribution in [3.05, 3.63) is 21.6 Å². The topological polar surface area (TPSA) is 72.5 Å². The molecular weight excluding hydrogens is 318 g/mol. The van der Waals surface area contributed by atoms with Gasteiger partial charge in [0.1, 0.15) is 0 Å². The molecule has 138 valence electrons. The van der Waals surface area contributed by atoms with Gasteiger partial charge in [0.2, 0.25) is 11.9 Å². The van der Waals surface area contributed by atoms with Crippen molar-refractivity contribution in [1.29, 1.82) is 0 Å². The summed E-state index contributed by atoms with van der Waals surface area (Å²) < 4.78 is 0. The zero-order valence-electron chi connectivity index (χ0n) is 15.4. The number of amides is 1. The summed E-state index contributed by atoms with van der Waals surface area (Å²) in [7, 11) is 0. The van der Waals surface area contributed by atoms with Gasteiger partial charge < -0.3 is 9.80 Å². The number of nitrogens with zero attached hydrogens (tertiary/aromatic N) is 4. The molecule has 1 amide bonds. The number of aryl methyl sites for hydroxylation is 1. The summed E-state index contributed by atoms with van der Waals surface area (Å²) >= 11 is 0.